The van der Waals surface area contributed by atoms with Gasteiger partial charge in [-0.25, -0.2) is 0 Å². The number of anilines is 3. The smallest absolute Gasteiger partial charge is 0.250 e. The predicted molar refractivity (Wildman–Crippen MR) is 146 cm³/mol. The number of nitrogens with zero attached hydrogens (tertiary/aromatic N) is 4. The molecule has 0 unspecified atom stereocenters. The molecule has 9 heteroatoms. The molecule has 1 aliphatic carbocycles. The predicted octanol–water partition coefficient (Wildman–Crippen LogP) is 3.95. The molecular formula is C28H31N7O2. The molecule has 4 aromatic rings. The lowest BCUT2D eigenvalue weighted by molar-refractivity contribution is 0.100. The Kier molecular flexibility index (Phi) is 6.04. The highest BCUT2D eigenvalue weighted by Crippen LogP contribution is 2.38. The van der Waals surface area contributed by atoms with Crippen LogP contribution in [0.3, 0.4) is 0 Å². The van der Waals surface area contributed by atoms with Gasteiger partial charge in [0.15, 0.2) is 5.82 Å². The highest BCUT2D eigenvalue weighted by molar-refractivity contribution is 6.01. The molecule has 2 aromatic carbocycles. The number of rotatable bonds is 6. The molecule has 37 heavy (non-hydrogen) atoms. The number of fused-ring (bicyclic) bond motifs is 1. The van der Waals surface area contributed by atoms with Crippen molar-refractivity contribution in [3.63, 3.8) is 0 Å². The van der Waals surface area contributed by atoms with Crippen LogP contribution in [0, 0.1) is 0 Å². The van der Waals surface area contributed by atoms with Crippen molar-refractivity contribution in [1.29, 1.82) is 0 Å². The van der Waals surface area contributed by atoms with Gasteiger partial charge in [-0.2, -0.15) is 5.10 Å². The van der Waals surface area contributed by atoms with Crippen molar-refractivity contribution in [2.24, 2.45) is 5.73 Å². The van der Waals surface area contributed by atoms with Crippen LogP contribution in [-0.4, -0.2) is 53.4 Å². The van der Waals surface area contributed by atoms with E-state index in [0.29, 0.717) is 11.4 Å². The van der Waals surface area contributed by atoms with Crippen molar-refractivity contribution in [3.05, 3.63) is 60.4 Å². The zero-order valence-corrected chi connectivity index (χ0v) is 20.7. The molecule has 1 saturated carbocycles. The molecule has 3 heterocycles. The summed E-state index contributed by atoms with van der Waals surface area (Å²) in [5, 5.41) is 8.08. The van der Waals surface area contributed by atoms with Gasteiger partial charge in [0.2, 0.25) is 0 Å². The molecule has 1 aliphatic heterocycles. The van der Waals surface area contributed by atoms with E-state index in [1.54, 1.807) is 6.20 Å². The number of hydrogen-bond donors (Lipinski definition) is 3. The lowest BCUT2D eigenvalue weighted by atomic mass is 9.99. The molecular weight excluding hydrogens is 466 g/mol. The Bertz CT molecular complexity index is 1420. The number of pyridine rings is 1. The first-order chi connectivity index (χ1) is 18.1. The highest BCUT2D eigenvalue weighted by Gasteiger charge is 2.23. The van der Waals surface area contributed by atoms with Gasteiger partial charge in [-0.3, -0.25) is 14.9 Å². The molecule has 2 aromatic heterocycles. The number of ether oxygens (including phenoxy) is 1. The van der Waals surface area contributed by atoms with Crippen molar-refractivity contribution in [2.75, 3.05) is 41.7 Å². The average Bonchev–Trinajstić information content (AvgIpc) is 3.58. The van der Waals surface area contributed by atoms with Gasteiger partial charge in [0.05, 0.1) is 40.1 Å². The molecule has 1 amide bonds. The first kappa shape index (κ1) is 23.1. The SMILES string of the molecule is NC(=O)c1ccc(-c2cc(OC3CCCC3)c3c(N)n[nH]c3c2)cc1N1CCN(c2cccnc2)CC1. The van der Waals surface area contributed by atoms with Crippen molar-refractivity contribution in [1.82, 2.24) is 15.2 Å². The molecule has 190 valence electrons. The molecule has 0 atom stereocenters. The van der Waals surface area contributed by atoms with Crippen LogP contribution in [-0.2, 0) is 0 Å². The zero-order valence-electron chi connectivity index (χ0n) is 20.7. The van der Waals surface area contributed by atoms with Crippen molar-refractivity contribution in [3.8, 4) is 16.9 Å². The van der Waals surface area contributed by atoms with Crippen LogP contribution in [0.25, 0.3) is 22.0 Å². The van der Waals surface area contributed by atoms with Crippen molar-refractivity contribution in [2.45, 2.75) is 31.8 Å². The molecule has 0 bridgehead atoms. The minimum absolute atomic E-state index is 0.191. The summed E-state index contributed by atoms with van der Waals surface area (Å²) in [6, 6.07) is 13.9. The minimum atomic E-state index is -0.432. The second-order valence-corrected chi connectivity index (χ2v) is 9.81. The Labute approximate surface area is 215 Å². The van der Waals surface area contributed by atoms with Gasteiger partial charge in [0.1, 0.15) is 5.75 Å². The summed E-state index contributed by atoms with van der Waals surface area (Å²) >= 11 is 0. The maximum absolute atomic E-state index is 12.4. The number of nitrogens with one attached hydrogen (secondary N) is 1. The van der Waals surface area contributed by atoms with Crippen molar-refractivity contribution < 1.29 is 9.53 Å². The average molecular weight is 498 g/mol. The summed E-state index contributed by atoms with van der Waals surface area (Å²) in [7, 11) is 0. The number of piperazine rings is 1. The normalized spacial score (nSPS) is 16.4. The first-order valence-electron chi connectivity index (χ1n) is 12.9. The topological polar surface area (TPSA) is 126 Å². The summed E-state index contributed by atoms with van der Waals surface area (Å²) in [6.45, 7) is 3.19. The van der Waals surface area contributed by atoms with Gasteiger partial charge < -0.3 is 26.0 Å². The molecule has 2 fully saturated rings. The Morgan fingerprint density at radius 3 is 2.51 bits per heavy atom. The number of amides is 1. The lowest BCUT2D eigenvalue weighted by Gasteiger charge is -2.38. The highest BCUT2D eigenvalue weighted by atomic mass is 16.5. The Morgan fingerprint density at radius 1 is 1.00 bits per heavy atom. The van der Waals surface area contributed by atoms with E-state index in [9.17, 15) is 4.79 Å². The fourth-order valence-electron chi connectivity index (χ4n) is 5.52. The number of aromatic amines is 1. The van der Waals surface area contributed by atoms with E-state index in [1.807, 2.05) is 36.5 Å². The van der Waals surface area contributed by atoms with Crippen LogP contribution in [0.15, 0.2) is 54.9 Å². The van der Waals surface area contributed by atoms with Crippen LogP contribution in [0.4, 0.5) is 17.2 Å². The number of nitrogen functional groups attached to an aromatic ring is 1. The monoisotopic (exact) mass is 497 g/mol. The summed E-state index contributed by atoms with van der Waals surface area (Å²) in [5.74, 6) is 0.750. The third kappa shape index (κ3) is 4.52. The van der Waals surface area contributed by atoms with Crippen molar-refractivity contribution >= 4 is 34.0 Å². The molecule has 0 spiro atoms. The summed E-state index contributed by atoms with van der Waals surface area (Å²) < 4.78 is 6.42. The lowest BCUT2D eigenvalue weighted by Crippen LogP contribution is -2.47. The van der Waals surface area contributed by atoms with Gasteiger partial charge >= 0.3 is 0 Å². The summed E-state index contributed by atoms with van der Waals surface area (Å²) in [4.78, 5) is 21.1. The minimum Gasteiger partial charge on any atom is -0.490 e. The van der Waals surface area contributed by atoms with E-state index < -0.39 is 5.91 Å². The second-order valence-electron chi connectivity index (χ2n) is 9.81. The summed E-state index contributed by atoms with van der Waals surface area (Å²) in [5.41, 5.74) is 17.2. The Hall–Kier alpha value is -4.27. The largest absolute Gasteiger partial charge is 0.490 e. The van der Waals surface area contributed by atoms with E-state index in [0.717, 1.165) is 78.2 Å². The standard InChI is InChI=1S/C28H31N7O2/c29-27-26-23(32-33-27)14-19(16-25(26)37-21-5-1-2-6-21)18-7-8-22(28(30)36)24(15-18)35-12-10-34(11-13-35)20-4-3-9-31-17-20/h3-4,7-9,14-17,21H,1-2,5-6,10-13H2,(H2,30,36)(H3,29,32,33). The van der Waals surface area contributed by atoms with Crippen LogP contribution in [0.2, 0.25) is 0 Å². The first-order valence-corrected chi connectivity index (χ1v) is 12.9. The number of nitrogens with two attached hydrogens (primary N) is 2. The second kappa shape index (κ2) is 9.65. The fraction of sp³-hybridized carbons (Fsp3) is 0.321. The number of benzene rings is 2. The van der Waals surface area contributed by atoms with E-state index in [2.05, 4.69) is 37.1 Å². The van der Waals surface area contributed by atoms with Crippen LogP contribution < -0.4 is 26.0 Å². The summed E-state index contributed by atoms with van der Waals surface area (Å²) in [6.07, 6.45) is 8.31. The number of primary amides is 1. The molecule has 2 aliphatic rings. The van der Waals surface area contributed by atoms with E-state index in [-0.39, 0.29) is 6.10 Å². The fourth-order valence-corrected chi connectivity index (χ4v) is 5.52. The zero-order chi connectivity index (χ0) is 25.4. The third-order valence-electron chi connectivity index (χ3n) is 7.48. The number of hydrogen-bond acceptors (Lipinski definition) is 7. The Morgan fingerprint density at radius 2 is 1.78 bits per heavy atom. The van der Waals surface area contributed by atoms with Gasteiger partial charge in [0.25, 0.3) is 5.91 Å². The van der Waals surface area contributed by atoms with Gasteiger partial charge in [-0.15, -0.1) is 0 Å². The van der Waals surface area contributed by atoms with Crippen LogP contribution in [0.5, 0.6) is 5.75 Å². The van der Waals surface area contributed by atoms with E-state index in [1.165, 1.54) is 12.8 Å². The number of carbonyl (C=O) groups is 1. The van der Waals surface area contributed by atoms with Gasteiger partial charge in [-0.05, 0) is 73.2 Å². The molecule has 5 N–H and O–H groups in total. The van der Waals surface area contributed by atoms with Crippen LogP contribution >= 0.6 is 0 Å². The molecule has 6 rings (SSSR count). The van der Waals surface area contributed by atoms with Crippen LogP contribution in [0.1, 0.15) is 36.0 Å². The molecule has 1 saturated heterocycles. The Balaban J connectivity index is 1.33. The maximum Gasteiger partial charge on any atom is 0.250 e. The van der Waals surface area contributed by atoms with Gasteiger partial charge in [0, 0.05) is 32.4 Å². The maximum atomic E-state index is 12.4. The molecule has 9 nitrogen and oxygen atoms in total. The van der Waals surface area contributed by atoms with E-state index >= 15 is 0 Å². The number of aromatic nitrogens is 3. The third-order valence-corrected chi connectivity index (χ3v) is 7.48. The molecule has 0 radical (unpaired) electrons. The number of H-pyrrole nitrogens is 1. The van der Waals surface area contributed by atoms with Gasteiger partial charge in [-0.1, -0.05) is 6.07 Å². The van der Waals surface area contributed by atoms with E-state index in [4.69, 9.17) is 16.2 Å². The quantitative estimate of drug-likeness (QED) is 0.368. The number of carbonyl (C=O) groups excluding carboxylic acids is 1.